The van der Waals surface area contributed by atoms with E-state index in [0.29, 0.717) is 15.8 Å². The third-order valence-electron chi connectivity index (χ3n) is 6.22. The summed E-state index contributed by atoms with van der Waals surface area (Å²) in [5.74, 6) is 0.559. The second-order valence-electron chi connectivity index (χ2n) is 10.1. The van der Waals surface area contributed by atoms with E-state index in [-0.39, 0.29) is 17.9 Å². The number of benzene rings is 3. The fourth-order valence-corrected chi connectivity index (χ4v) is 4.98. The van der Waals surface area contributed by atoms with Gasteiger partial charge in [0.1, 0.15) is 5.76 Å². The van der Waals surface area contributed by atoms with E-state index in [2.05, 4.69) is 67.4 Å². The Morgan fingerprint density at radius 3 is 2.18 bits per heavy atom. The van der Waals surface area contributed by atoms with E-state index >= 15 is 0 Å². The highest BCUT2D eigenvalue weighted by Gasteiger charge is 2.34. The minimum Gasteiger partial charge on any atom is -0.467 e. The van der Waals surface area contributed by atoms with E-state index in [9.17, 15) is 4.79 Å². The first-order valence-electron chi connectivity index (χ1n) is 12.5. The number of carbonyl (C=O) groups excluding carboxylic acids is 1. The Bertz CT molecular complexity index is 1480. The minimum absolute atomic E-state index is 0.0910. The molecule has 0 bridgehead atoms. The van der Waals surface area contributed by atoms with Gasteiger partial charge in [0.25, 0.3) is 5.91 Å². The number of carbonyl (C=O) groups is 1. The number of furan rings is 1. The van der Waals surface area contributed by atoms with Gasteiger partial charge in [-0.1, -0.05) is 99.6 Å². The summed E-state index contributed by atoms with van der Waals surface area (Å²) < 4.78 is 5.50. The van der Waals surface area contributed by atoms with Crippen LogP contribution >= 0.6 is 11.8 Å². The Kier molecular flexibility index (Phi) is 7.43. The van der Waals surface area contributed by atoms with Crippen LogP contribution in [0, 0.1) is 0 Å². The molecule has 6 heteroatoms. The summed E-state index contributed by atoms with van der Waals surface area (Å²) in [5.41, 5.74) is 5.53. The summed E-state index contributed by atoms with van der Waals surface area (Å²) in [6, 6.07) is 30.3. The van der Waals surface area contributed by atoms with Gasteiger partial charge in [-0.05, 0) is 63.2 Å². The van der Waals surface area contributed by atoms with Crippen LogP contribution in [0.4, 0.5) is 0 Å². The lowest BCUT2D eigenvalue weighted by atomic mass is 9.87. The van der Waals surface area contributed by atoms with Crippen LogP contribution in [0.3, 0.4) is 0 Å². The first-order valence-corrected chi connectivity index (χ1v) is 13.3. The molecule has 0 unspecified atom stereocenters. The first-order chi connectivity index (χ1) is 18.4. The van der Waals surface area contributed by atoms with Crippen LogP contribution in [-0.4, -0.2) is 22.2 Å². The Labute approximate surface area is 227 Å². The fraction of sp³-hybridized carbons (Fsp3) is 0.156. The molecule has 1 aromatic heterocycles. The van der Waals surface area contributed by atoms with Crippen LogP contribution in [0.15, 0.2) is 117 Å². The van der Waals surface area contributed by atoms with Gasteiger partial charge in [0.2, 0.25) is 0 Å². The van der Waals surface area contributed by atoms with Crippen molar-refractivity contribution < 1.29 is 9.21 Å². The summed E-state index contributed by atoms with van der Waals surface area (Å²) in [4.78, 5) is 15.6. The van der Waals surface area contributed by atoms with Crippen LogP contribution in [0.5, 0.6) is 0 Å². The number of hydrogen-bond acceptors (Lipinski definition) is 5. The van der Waals surface area contributed by atoms with Gasteiger partial charge in [0.05, 0.1) is 23.9 Å². The fourth-order valence-electron chi connectivity index (χ4n) is 4.05. The molecule has 1 amide bonds. The summed E-state index contributed by atoms with van der Waals surface area (Å²) >= 11 is 1.32. The van der Waals surface area contributed by atoms with Crippen molar-refractivity contribution in [2.24, 2.45) is 10.2 Å². The molecule has 1 aliphatic rings. The lowest BCUT2D eigenvalue weighted by Crippen LogP contribution is -2.28. The molecule has 0 radical (unpaired) electrons. The second-order valence-corrected chi connectivity index (χ2v) is 11.1. The molecule has 2 heterocycles. The average molecular weight is 520 g/mol. The van der Waals surface area contributed by atoms with Crippen molar-refractivity contribution in [1.82, 2.24) is 4.90 Å². The molecule has 0 saturated carbocycles. The third-order valence-corrected chi connectivity index (χ3v) is 7.22. The molecule has 190 valence electrons. The van der Waals surface area contributed by atoms with E-state index in [1.165, 1.54) is 17.3 Å². The third kappa shape index (κ3) is 6.03. The zero-order valence-corrected chi connectivity index (χ0v) is 22.5. The Morgan fingerprint density at radius 2 is 1.53 bits per heavy atom. The summed E-state index contributed by atoms with van der Waals surface area (Å²) in [6.45, 7) is 6.85. The Hall–Kier alpha value is -4.16. The number of nitrogens with zero attached hydrogens (tertiary/aromatic N) is 3. The standard InChI is InChI=1S/C32H29N3O2S/c1-32(2,3)27-17-13-24(14-18-27)21-33-34-31-35(22-28-10-7-19-37-28)30(36)29(38-31)20-23-11-15-26(16-12-23)25-8-5-4-6-9-25/h4-21H,22H2,1-3H3/b29-20-,33-21-,34-31+. The second kappa shape index (κ2) is 11.1. The molecule has 0 N–H and O–H groups in total. The van der Waals surface area contributed by atoms with Gasteiger partial charge in [0.15, 0.2) is 5.17 Å². The monoisotopic (exact) mass is 519 g/mol. The number of thioether (sulfide) groups is 1. The van der Waals surface area contributed by atoms with E-state index in [4.69, 9.17) is 4.42 Å². The maximum atomic E-state index is 13.4. The largest absolute Gasteiger partial charge is 0.467 e. The average Bonchev–Trinajstić information content (AvgIpc) is 3.54. The summed E-state index contributed by atoms with van der Waals surface area (Å²) in [5, 5.41) is 9.24. The lowest BCUT2D eigenvalue weighted by molar-refractivity contribution is -0.122. The molecule has 0 atom stereocenters. The van der Waals surface area contributed by atoms with Gasteiger partial charge < -0.3 is 4.42 Å². The van der Waals surface area contributed by atoms with Gasteiger partial charge in [-0.15, -0.1) is 5.10 Å². The zero-order chi connectivity index (χ0) is 26.5. The highest BCUT2D eigenvalue weighted by molar-refractivity contribution is 8.18. The van der Waals surface area contributed by atoms with Crippen LogP contribution < -0.4 is 0 Å². The van der Waals surface area contributed by atoms with Crippen LogP contribution in [0.1, 0.15) is 43.2 Å². The van der Waals surface area contributed by atoms with Crippen molar-refractivity contribution in [1.29, 1.82) is 0 Å². The van der Waals surface area contributed by atoms with E-state index in [1.54, 1.807) is 17.4 Å². The highest BCUT2D eigenvalue weighted by atomic mass is 32.2. The van der Waals surface area contributed by atoms with Gasteiger partial charge in [-0.3, -0.25) is 9.69 Å². The van der Waals surface area contributed by atoms with Crippen molar-refractivity contribution in [3.05, 3.63) is 125 Å². The van der Waals surface area contributed by atoms with Crippen molar-refractivity contribution in [3.8, 4) is 11.1 Å². The molecule has 5 nitrogen and oxygen atoms in total. The number of amidine groups is 1. The maximum absolute atomic E-state index is 13.4. The number of hydrogen-bond donors (Lipinski definition) is 0. The maximum Gasteiger partial charge on any atom is 0.267 e. The molecule has 1 fully saturated rings. The Morgan fingerprint density at radius 1 is 0.842 bits per heavy atom. The van der Waals surface area contributed by atoms with Crippen LogP contribution in [0.2, 0.25) is 0 Å². The Balaban J connectivity index is 1.37. The molecule has 4 aromatic rings. The minimum atomic E-state index is -0.123. The predicted molar refractivity (Wildman–Crippen MR) is 157 cm³/mol. The van der Waals surface area contributed by atoms with Crippen molar-refractivity contribution in [3.63, 3.8) is 0 Å². The van der Waals surface area contributed by atoms with Gasteiger partial charge in [-0.25, -0.2) is 0 Å². The summed E-state index contributed by atoms with van der Waals surface area (Å²) in [6.07, 6.45) is 5.21. The van der Waals surface area contributed by atoms with E-state index in [0.717, 1.165) is 22.3 Å². The lowest BCUT2D eigenvalue weighted by Gasteiger charge is -2.18. The van der Waals surface area contributed by atoms with Crippen molar-refractivity contribution in [2.75, 3.05) is 0 Å². The van der Waals surface area contributed by atoms with Crippen LogP contribution in [0.25, 0.3) is 17.2 Å². The SMILES string of the molecule is CC(C)(C)c1ccc(/C=N\N=C2\S/C(=C\c3ccc(-c4ccccc4)cc3)C(=O)N2Cc2ccco2)cc1. The smallest absolute Gasteiger partial charge is 0.267 e. The molecule has 0 aliphatic carbocycles. The number of rotatable bonds is 6. The molecule has 5 rings (SSSR count). The first kappa shape index (κ1) is 25.5. The topological polar surface area (TPSA) is 58.2 Å². The summed E-state index contributed by atoms with van der Waals surface area (Å²) in [7, 11) is 0. The molecular formula is C32H29N3O2S. The number of amides is 1. The normalized spacial score (nSPS) is 16.3. The van der Waals surface area contributed by atoms with E-state index < -0.39 is 0 Å². The van der Waals surface area contributed by atoms with Gasteiger partial charge in [-0.2, -0.15) is 5.10 Å². The highest BCUT2D eigenvalue weighted by Crippen LogP contribution is 2.34. The van der Waals surface area contributed by atoms with Crippen LogP contribution in [-0.2, 0) is 16.8 Å². The van der Waals surface area contributed by atoms with Gasteiger partial charge in [0, 0.05) is 0 Å². The van der Waals surface area contributed by atoms with Crippen molar-refractivity contribution in [2.45, 2.75) is 32.7 Å². The van der Waals surface area contributed by atoms with Crippen molar-refractivity contribution >= 4 is 35.1 Å². The molecule has 0 spiro atoms. The zero-order valence-electron chi connectivity index (χ0n) is 21.7. The quantitative estimate of drug-likeness (QED) is 0.149. The molecule has 3 aromatic carbocycles. The predicted octanol–water partition coefficient (Wildman–Crippen LogP) is 7.75. The molecule has 1 saturated heterocycles. The van der Waals surface area contributed by atoms with Gasteiger partial charge >= 0.3 is 0 Å². The molecular weight excluding hydrogens is 490 g/mol. The van der Waals surface area contributed by atoms with E-state index in [1.807, 2.05) is 60.7 Å². The molecule has 1 aliphatic heterocycles. The molecule has 38 heavy (non-hydrogen) atoms.